The zero-order valence-corrected chi connectivity index (χ0v) is 8.42. The molecule has 1 heterocycles. The normalized spacial score (nSPS) is 21.1. The number of hydrogen-bond acceptors (Lipinski definition) is 2. The molecule has 0 amide bonds. The lowest BCUT2D eigenvalue weighted by Gasteiger charge is -2.14. The van der Waals surface area contributed by atoms with Crippen LogP contribution in [0.25, 0.3) is 0 Å². The number of carbonyl (C=O) groups is 1. The average molecular weight is 189 g/mol. The molecule has 1 aromatic carbocycles. The Bertz CT molecular complexity index is 340. The van der Waals surface area contributed by atoms with E-state index in [1.54, 1.807) is 0 Å². The van der Waals surface area contributed by atoms with Gasteiger partial charge in [-0.3, -0.25) is 4.79 Å². The molecule has 2 heteroatoms. The fourth-order valence-electron chi connectivity index (χ4n) is 2.26. The first-order valence-corrected chi connectivity index (χ1v) is 5.08. The lowest BCUT2D eigenvalue weighted by Crippen LogP contribution is -2.10. The van der Waals surface area contributed by atoms with E-state index in [0.29, 0.717) is 5.92 Å². The van der Waals surface area contributed by atoms with Gasteiger partial charge in [0.05, 0.1) is 0 Å². The first kappa shape index (κ1) is 9.41. The van der Waals surface area contributed by atoms with E-state index in [2.05, 4.69) is 18.3 Å². The third-order valence-electron chi connectivity index (χ3n) is 2.95. The maximum absolute atomic E-state index is 10.9. The Labute approximate surface area is 84.3 Å². The van der Waals surface area contributed by atoms with Crippen molar-refractivity contribution in [2.75, 3.05) is 13.1 Å². The molecule has 0 aromatic heterocycles. The molecule has 1 aliphatic rings. The van der Waals surface area contributed by atoms with E-state index >= 15 is 0 Å². The molecule has 2 nitrogen and oxygen atoms in total. The second-order valence-electron chi connectivity index (χ2n) is 3.89. The summed E-state index contributed by atoms with van der Waals surface area (Å²) in [6.07, 6.45) is 2.12. The van der Waals surface area contributed by atoms with Gasteiger partial charge in [0.1, 0.15) is 6.29 Å². The summed E-state index contributed by atoms with van der Waals surface area (Å²) >= 11 is 0. The smallest absolute Gasteiger partial charge is 0.150 e. The van der Waals surface area contributed by atoms with Crippen LogP contribution < -0.4 is 5.32 Å². The predicted molar refractivity (Wildman–Crippen MR) is 56.8 cm³/mol. The second kappa shape index (κ2) is 3.93. The highest BCUT2D eigenvalue weighted by Gasteiger charge is 2.20. The van der Waals surface area contributed by atoms with Crippen LogP contribution >= 0.6 is 0 Å². The second-order valence-corrected chi connectivity index (χ2v) is 3.89. The largest absolute Gasteiger partial charge is 0.316 e. The van der Waals surface area contributed by atoms with E-state index in [1.165, 1.54) is 11.1 Å². The molecule has 1 saturated heterocycles. The van der Waals surface area contributed by atoms with Gasteiger partial charge in [-0.15, -0.1) is 0 Å². The number of carbonyl (C=O) groups excluding carboxylic acids is 1. The molecule has 1 aromatic rings. The molecule has 0 bridgehead atoms. The molecule has 14 heavy (non-hydrogen) atoms. The first-order chi connectivity index (χ1) is 6.83. The zero-order chi connectivity index (χ0) is 9.97. The molecule has 2 rings (SSSR count). The van der Waals surface area contributed by atoms with Gasteiger partial charge in [0.15, 0.2) is 0 Å². The van der Waals surface area contributed by atoms with Gasteiger partial charge >= 0.3 is 0 Å². The molecule has 1 N–H and O–H groups in total. The summed E-state index contributed by atoms with van der Waals surface area (Å²) in [7, 11) is 0. The van der Waals surface area contributed by atoms with Gasteiger partial charge in [-0.05, 0) is 36.9 Å². The molecule has 0 spiro atoms. The van der Waals surface area contributed by atoms with Crippen molar-refractivity contribution in [3.05, 3.63) is 34.9 Å². The fourth-order valence-corrected chi connectivity index (χ4v) is 2.26. The Morgan fingerprint density at radius 2 is 2.36 bits per heavy atom. The SMILES string of the molecule is Cc1cccc(C=O)c1C1CCNC1. The maximum Gasteiger partial charge on any atom is 0.150 e. The molecule has 0 aliphatic carbocycles. The predicted octanol–water partition coefficient (Wildman–Crippen LogP) is 1.88. The maximum atomic E-state index is 10.9. The summed E-state index contributed by atoms with van der Waals surface area (Å²) in [4.78, 5) is 10.9. The topological polar surface area (TPSA) is 29.1 Å². The average Bonchev–Trinajstić information content (AvgIpc) is 2.70. The lowest BCUT2D eigenvalue weighted by atomic mass is 9.90. The van der Waals surface area contributed by atoms with Gasteiger partial charge in [0.25, 0.3) is 0 Å². The zero-order valence-electron chi connectivity index (χ0n) is 8.42. The number of hydrogen-bond donors (Lipinski definition) is 1. The Kier molecular flexibility index (Phi) is 2.64. The van der Waals surface area contributed by atoms with E-state index in [0.717, 1.165) is 31.4 Å². The molecule has 74 valence electrons. The summed E-state index contributed by atoms with van der Waals surface area (Å²) < 4.78 is 0. The van der Waals surface area contributed by atoms with Crippen molar-refractivity contribution in [1.29, 1.82) is 0 Å². The molecule has 0 saturated carbocycles. The van der Waals surface area contributed by atoms with E-state index in [4.69, 9.17) is 0 Å². The molecular weight excluding hydrogens is 174 g/mol. The summed E-state index contributed by atoms with van der Waals surface area (Å²) in [5, 5.41) is 3.33. The highest BCUT2D eigenvalue weighted by atomic mass is 16.1. The van der Waals surface area contributed by atoms with Crippen molar-refractivity contribution >= 4 is 6.29 Å². The fraction of sp³-hybridized carbons (Fsp3) is 0.417. The van der Waals surface area contributed by atoms with Crippen molar-refractivity contribution < 1.29 is 4.79 Å². The van der Waals surface area contributed by atoms with Crippen molar-refractivity contribution in [3.63, 3.8) is 0 Å². The highest BCUT2D eigenvalue weighted by molar-refractivity contribution is 5.78. The van der Waals surface area contributed by atoms with Gasteiger partial charge in [0.2, 0.25) is 0 Å². The lowest BCUT2D eigenvalue weighted by molar-refractivity contribution is 0.112. The summed E-state index contributed by atoms with van der Waals surface area (Å²) in [6, 6.07) is 5.94. The van der Waals surface area contributed by atoms with Crippen molar-refractivity contribution in [1.82, 2.24) is 5.32 Å². The van der Waals surface area contributed by atoms with Gasteiger partial charge in [-0.25, -0.2) is 0 Å². The van der Waals surface area contributed by atoms with Crippen LogP contribution in [0.4, 0.5) is 0 Å². The first-order valence-electron chi connectivity index (χ1n) is 5.08. The van der Waals surface area contributed by atoms with Gasteiger partial charge in [-0.1, -0.05) is 18.2 Å². The van der Waals surface area contributed by atoms with Crippen LogP contribution in [-0.4, -0.2) is 19.4 Å². The van der Waals surface area contributed by atoms with E-state index in [1.807, 2.05) is 12.1 Å². The Balaban J connectivity index is 2.42. The minimum Gasteiger partial charge on any atom is -0.316 e. The van der Waals surface area contributed by atoms with Crippen LogP contribution in [0, 0.1) is 6.92 Å². The molecular formula is C12H15NO. The Hall–Kier alpha value is -1.15. The summed E-state index contributed by atoms with van der Waals surface area (Å²) in [5.41, 5.74) is 3.34. The molecule has 1 unspecified atom stereocenters. The quantitative estimate of drug-likeness (QED) is 0.720. The van der Waals surface area contributed by atoms with Gasteiger partial charge < -0.3 is 5.32 Å². The van der Waals surface area contributed by atoms with Crippen molar-refractivity contribution in [2.45, 2.75) is 19.3 Å². The van der Waals surface area contributed by atoms with Crippen molar-refractivity contribution in [2.24, 2.45) is 0 Å². The standard InChI is InChI=1S/C12H15NO/c1-9-3-2-4-11(8-14)12(9)10-5-6-13-7-10/h2-4,8,10,13H,5-7H2,1H3. The van der Waals surface area contributed by atoms with E-state index in [9.17, 15) is 4.79 Å². The number of benzene rings is 1. The molecule has 1 atom stereocenters. The number of aryl methyl sites for hydroxylation is 1. The van der Waals surface area contributed by atoms with Gasteiger partial charge in [0, 0.05) is 12.1 Å². The van der Waals surface area contributed by atoms with Crippen molar-refractivity contribution in [3.8, 4) is 0 Å². The minimum atomic E-state index is 0.524. The van der Waals surface area contributed by atoms with Gasteiger partial charge in [-0.2, -0.15) is 0 Å². The minimum absolute atomic E-state index is 0.524. The third kappa shape index (κ3) is 1.58. The molecule has 1 fully saturated rings. The van der Waals surface area contributed by atoms with Crippen LogP contribution in [0.1, 0.15) is 33.8 Å². The summed E-state index contributed by atoms with van der Waals surface area (Å²) in [5.74, 6) is 0.524. The van der Waals surface area contributed by atoms with Crippen LogP contribution in [0.2, 0.25) is 0 Å². The van der Waals surface area contributed by atoms with Crippen LogP contribution in [0.5, 0.6) is 0 Å². The molecule has 0 radical (unpaired) electrons. The monoisotopic (exact) mass is 189 g/mol. The number of aldehydes is 1. The number of nitrogens with one attached hydrogen (secondary N) is 1. The van der Waals surface area contributed by atoms with E-state index < -0.39 is 0 Å². The summed E-state index contributed by atoms with van der Waals surface area (Å²) in [6.45, 7) is 4.16. The number of rotatable bonds is 2. The molecule has 1 aliphatic heterocycles. The Morgan fingerprint density at radius 1 is 1.50 bits per heavy atom. The van der Waals surface area contributed by atoms with Crippen LogP contribution in [0.15, 0.2) is 18.2 Å². The highest BCUT2D eigenvalue weighted by Crippen LogP contribution is 2.27. The van der Waals surface area contributed by atoms with Crippen LogP contribution in [-0.2, 0) is 0 Å². The Morgan fingerprint density at radius 3 is 3.00 bits per heavy atom. The van der Waals surface area contributed by atoms with E-state index in [-0.39, 0.29) is 0 Å². The third-order valence-corrected chi connectivity index (χ3v) is 2.95. The van der Waals surface area contributed by atoms with Crippen LogP contribution in [0.3, 0.4) is 0 Å².